The van der Waals surface area contributed by atoms with Gasteiger partial charge in [-0.2, -0.15) is 0 Å². The van der Waals surface area contributed by atoms with Crippen LogP contribution in [-0.2, 0) is 6.54 Å². The first kappa shape index (κ1) is 12.2. The summed E-state index contributed by atoms with van der Waals surface area (Å²) in [5.41, 5.74) is 0.220. The second kappa shape index (κ2) is 5.91. The number of hydrogen-bond acceptors (Lipinski definition) is 1. The molecule has 0 fully saturated rings. The highest BCUT2D eigenvalue weighted by atomic mass is 19.3. The number of aromatic nitrogens is 1. The number of nitrogens with one attached hydrogen (secondary N) is 1. The first-order chi connectivity index (χ1) is 7.65. The first-order valence-electron chi connectivity index (χ1n) is 4.80. The van der Waals surface area contributed by atoms with Gasteiger partial charge < -0.3 is 9.88 Å². The van der Waals surface area contributed by atoms with Crippen molar-refractivity contribution >= 4 is 5.91 Å². The molecule has 0 saturated carbocycles. The SMILES string of the molecule is C#CCCNC(=O)c1cccn1CC(F)F. The molecule has 0 unspecified atom stereocenters. The van der Waals surface area contributed by atoms with Crippen LogP contribution in [0.2, 0.25) is 0 Å². The molecule has 0 spiro atoms. The summed E-state index contributed by atoms with van der Waals surface area (Å²) in [5.74, 6) is 1.99. The van der Waals surface area contributed by atoms with Crippen molar-refractivity contribution in [2.24, 2.45) is 0 Å². The van der Waals surface area contributed by atoms with E-state index in [1.54, 1.807) is 6.07 Å². The topological polar surface area (TPSA) is 34.0 Å². The Morgan fingerprint density at radius 2 is 2.38 bits per heavy atom. The zero-order valence-electron chi connectivity index (χ0n) is 8.62. The highest BCUT2D eigenvalue weighted by Gasteiger charge is 2.12. The predicted octanol–water partition coefficient (Wildman–Crippen LogP) is 1.51. The van der Waals surface area contributed by atoms with Gasteiger partial charge in [-0.3, -0.25) is 4.79 Å². The minimum absolute atomic E-state index is 0.220. The number of rotatable bonds is 5. The number of terminal acetylenes is 1. The summed E-state index contributed by atoms with van der Waals surface area (Å²) in [6, 6.07) is 3.05. The maximum absolute atomic E-state index is 12.2. The van der Waals surface area contributed by atoms with E-state index in [9.17, 15) is 13.6 Å². The van der Waals surface area contributed by atoms with Gasteiger partial charge in [0.15, 0.2) is 0 Å². The number of nitrogens with zero attached hydrogens (tertiary/aromatic N) is 1. The summed E-state index contributed by atoms with van der Waals surface area (Å²) >= 11 is 0. The van der Waals surface area contributed by atoms with E-state index >= 15 is 0 Å². The normalized spacial score (nSPS) is 10.1. The molecule has 1 rings (SSSR count). The molecule has 1 heterocycles. The van der Waals surface area contributed by atoms with Crippen LogP contribution < -0.4 is 5.32 Å². The fourth-order valence-corrected chi connectivity index (χ4v) is 1.27. The second-order valence-corrected chi connectivity index (χ2v) is 3.15. The molecule has 0 aromatic carbocycles. The third kappa shape index (κ3) is 3.39. The Balaban J connectivity index is 2.61. The van der Waals surface area contributed by atoms with Crippen LogP contribution in [0, 0.1) is 12.3 Å². The van der Waals surface area contributed by atoms with E-state index in [-0.39, 0.29) is 11.6 Å². The van der Waals surface area contributed by atoms with Crippen LogP contribution in [-0.4, -0.2) is 23.4 Å². The van der Waals surface area contributed by atoms with Crippen LogP contribution in [0.1, 0.15) is 16.9 Å². The lowest BCUT2D eigenvalue weighted by atomic mass is 10.3. The quantitative estimate of drug-likeness (QED) is 0.599. The van der Waals surface area contributed by atoms with Crippen LogP contribution in [0.25, 0.3) is 0 Å². The molecule has 1 amide bonds. The standard InChI is InChI=1S/C11H12F2N2O/c1-2-3-6-14-11(16)9-5-4-7-15(9)8-10(12)13/h1,4-5,7,10H,3,6,8H2,(H,14,16). The molecule has 16 heavy (non-hydrogen) atoms. The molecule has 0 saturated heterocycles. The van der Waals surface area contributed by atoms with Crippen molar-refractivity contribution in [3.8, 4) is 12.3 Å². The fourth-order valence-electron chi connectivity index (χ4n) is 1.27. The van der Waals surface area contributed by atoms with Gasteiger partial charge in [0.1, 0.15) is 5.69 Å². The molecule has 0 radical (unpaired) electrons. The average molecular weight is 226 g/mol. The summed E-state index contributed by atoms with van der Waals surface area (Å²) in [7, 11) is 0. The largest absolute Gasteiger partial charge is 0.350 e. The molecule has 86 valence electrons. The molecule has 0 bridgehead atoms. The van der Waals surface area contributed by atoms with Crippen molar-refractivity contribution in [3.05, 3.63) is 24.0 Å². The van der Waals surface area contributed by atoms with Gasteiger partial charge in [0.25, 0.3) is 12.3 Å². The monoisotopic (exact) mass is 226 g/mol. The van der Waals surface area contributed by atoms with Crippen LogP contribution in [0.15, 0.2) is 18.3 Å². The molecule has 0 aliphatic carbocycles. The smallest absolute Gasteiger partial charge is 0.267 e. The summed E-state index contributed by atoms with van der Waals surface area (Å²) in [6.07, 6.45) is 4.41. The number of halogens is 2. The highest BCUT2D eigenvalue weighted by molar-refractivity contribution is 5.92. The molecule has 0 aliphatic heterocycles. The number of hydrogen-bond donors (Lipinski definition) is 1. The van der Waals surface area contributed by atoms with Gasteiger partial charge in [0.2, 0.25) is 0 Å². The van der Waals surface area contributed by atoms with E-state index in [0.29, 0.717) is 13.0 Å². The van der Waals surface area contributed by atoms with Crippen molar-refractivity contribution in [2.75, 3.05) is 6.54 Å². The Hall–Kier alpha value is -1.83. The molecular formula is C11H12F2N2O. The Kier molecular flexibility index (Phi) is 4.52. The molecule has 1 N–H and O–H groups in total. The van der Waals surface area contributed by atoms with E-state index in [0.717, 1.165) is 0 Å². The molecule has 0 atom stereocenters. The lowest BCUT2D eigenvalue weighted by Gasteiger charge is -2.08. The lowest BCUT2D eigenvalue weighted by Crippen LogP contribution is -2.27. The maximum atomic E-state index is 12.2. The van der Waals surface area contributed by atoms with E-state index in [4.69, 9.17) is 6.42 Å². The van der Waals surface area contributed by atoms with Gasteiger partial charge in [0, 0.05) is 19.2 Å². The van der Waals surface area contributed by atoms with Gasteiger partial charge in [-0.1, -0.05) is 0 Å². The Bertz CT molecular complexity index is 393. The Morgan fingerprint density at radius 3 is 3.00 bits per heavy atom. The van der Waals surface area contributed by atoms with E-state index < -0.39 is 13.0 Å². The molecule has 0 aliphatic rings. The average Bonchev–Trinajstić information content (AvgIpc) is 2.65. The van der Waals surface area contributed by atoms with Crippen molar-refractivity contribution in [3.63, 3.8) is 0 Å². The van der Waals surface area contributed by atoms with E-state index in [1.807, 2.05) is 0 Å². The molecule has 1 aromatic heterocycles. The fraction of sp³-hybridized carbons (Fsp3) is 0.364. The zero-order valence-corrected chi connectivity index (χ0v) is 8.62. The van der Waals surface area contributed by atoms with Crippen LogP contribution in [0.3, 0.4) is 0 Å². The van der Waals surface area contributed by atoms with Gasteiger partial charge in [-0.25, -0.2) is 8.78 Å². The molecular weight excluding hydrogens is 214 g/mol. The zero-order chi connectivity index (χ0) is 12.0. The van der Waals surface area contributed by atoms with Crippen molar-refractivity contribution in [1.29, 1.82) is 0 Å². The van der Waals surface area contributed by atoms with Crippen LogP contribution in [0.4, 0.5) is 8.78 Å². The van der Waals surface area contributed by atoms with Gasteiger partial charge in [-0.05, 0) is 12.1 Å². The highest BCUT2D eigenvalue weighted by Crippen LogP contribution is 2.06. The molecule has 1 aromatic rings. The number of alkyl halides is 2. The maximum Gasteiger partial charge on any atom is 0.267 e. The number of amides is 1. The van der Waals surface area contributed by atoms with Crippen LogP contribution in [0.5, 0.6) is 0 Å². The summed E-state index contributed by atoms with van der Waals surface area (Å²) in [4.78, 5) is 11.5. The summed E-state index contributed by atoms with van der Waals surface area (Å²) < 4.78 is 25.6. The lowest BCUT2D eigenvalue weighted by molar-refractivity contribution is 0.0931. The van der Waals surface area contributed by atoms with Crippen molar-refractivity contribution in [2.45, 2.75) is 19.4 Å². The first-order valence-corrected chi connectivity index (χ1v) is 4.80. The minimum atomic E-state index is -2.48. The molecule has 5 heteroatoms. The minimum Gasteiger partial charge on any atom is -0.350 e. The van der Waals surface area contributed by atoms with Crippen LogP contribution >= 0.6 is 0 Å². The third-order valence-electron chi connectivity index (χ3n) is 1.95. The summed E-state index contributed by atoms with van der Waals surface area (Å²) in [6.45, 7) is -0.139. The molecule has 3 nitrogen and oxygen atoms in total. The van der Waals surface area contributed by atoms with Gasteiger partial charge >= 0.3 is 0 Å². The Morgan fingerprint density at radius 1 is 1.62 bits per heavy atom. The van der Waals surface area contributed by atoms with Gasteiger partial charge in [0.05, 0.1) is 6.54 Å². The van der Waals surface area contributed by atoms with E-state index in [1.165, 1.54) is 16.8 Å². The number of carbonyl (C=O) groups excluding carboxylic acids is 1. The summed E-state index contributed by atoms with van der Waals surface area (Å²) in [5, 5.41) is 2.55. The third-order valence-corrected chi connectivity index (χ3v) is 1.95. The predicted molar refractivity (Wildman–Crippen MR) is 56.2 cm³/mol. The van der Waals surface area contributed by atoms with Crippen molar-refractivity contribution in [1.82, 2.24) is 9.88 Å². The Labute approximate surface area is 92.4 Å². The van der Waals surface area contributed by atoms with Crippen molar-refractivity contribution < 1.29 is 13.6 Å². The second-order valence-electron chi connectivity index (χ2n) is 3.15. The van der Waals surface area contributed by atoms with E-state index in [2.05, 4.69) is 11.2 Å². The van der Waals surface area contributed by atoms with Gasteiger partial charge in [-0.15, -0.1) is 12.3 Å². The number of carbonyl (C=O) groups is 1.